The van der Waals surface area contributed by atoms with Gasteiger partial charge in [-0.2, -0.15) is 0 Å². The van der Waals surface area contributed by atoms with Crippen molar-refractivity contribution in [1.82, 2.24) is 26.2 Å². The van der Waals surface area contributed by atoms with Crippen LogP contribution in [0.5, 0.6) is 0 Å². The highest BCUT2D eigenvalue weighted by molar-refractivity contribution is 7.12. The average molecular weight is 710 g/mol. The van der Waals surface area contributed by atoms with E-state index in [1.807, 2.05) is 5.38 Å². The van der Waals surface area contributed by atoms with E-state index < -0.39 is 47.2 Å². The van der Waals surface area contributed by atoms with Crippen LogP contribution in [0.1, 0.15) is 119 Å². The van der Waals surface area contributed by atoms with Crippen LogP contribution >= 0.6 is 11.3 Å². The van der Waals surface area contributed by atoms with Crippen LogP contribution in [0.4, 0.5) is 0 Å². The quantitative estimate of drug-likeness (QED) is 0.156. The first kappa shape index (κ1) is 37.7. The van der Waals surface area contributed by atoms with Crippen molar-refractivity contribution in [2.45, 2.75) is 134 Å². The van der Waals surface area contributed by atoms with E-state index in [2.05, 4.69) is 34.8 Å². The SMILES string of the molecule is C=CCNC(=O)C(=O)C(CC1CCC1)NC(=O)[C@@H]1CCCN1C(=O)[C@@H](NC(=O)[C@@H](NC(=O)c1cccs1)C1CCCCC1)C1(C)CCCCC1. The zero-order valence-electron chi connectivity index (χ0n) is 29.5. The molecule has 11 nitrogen and oxygen atoms in total. The van der Waals surface area contributed by atoms with Crippen LogP contribution in [0, 0.1) is 17.3 Å². The van der Waals surface area contributed by atoms with Crippen LogP contribution in [-0.4, -0.2) is 77.5 Å². The number of hydrogen-bond donors (Lipinski definition) is 4. The highest BCUT2D eigenvalue weighted by Gasteiger charge is 2.47. The molecule has 4 fully saturated rings. The van der Waals surface area contributed by atoms with Gasteiger partial charge in [-0.25, -0.2) is 0 Å². The molecule has 0 aromatic carbocycles. The van der Waals surface area contributed by atoms with Gasteiger partial charge in [0.15, 0.2) is 0 Å². The summed E-state index contributed by atoms with van der Waals surface area (Å²) in [7, 11) is 0. The van der Waals surface area contributed by atoms with Gasteiger partial charge in [0.05, 0.1) is 10.9 Å². The number of likely N-dealkylation sites (tertiary alicyclic amines) is 1. The van der Waals surface area contributed by atoms with Crippen LogP contribution in [0.15, 0.2) is 30.2 Å². The van der Waals surface area contributed by atoms with Crippen molar-refractivity contribution in [3.63, 3.8) is 0 Å². The average Bonchev–Trinajstić information content (AvgIpc) is 3.83. The first-order chi connectivity index (χ1) is 24.1. The summed E-state index contributed by atoms with van der Waals surface area (Å²) in [5, 5.41) is 13.4. The van der Waals surface area contributed by atoms with Crippen LogP contribution < -0.4 is 21.3 Å². The minimum absolute atomic E-state index is 0.0401. The molecule has 4 aliphatic rings. The van der Waals surface area contributed by atoms with Crippen LogP contribution in [-0.2, 0) is 24.0 Å². The fourth-order valence-corrected chi connectivity index (χ4v) is 8.97. The lowest BCUT2D eigenvalue weighted by Gasteiger charge is -2.43. The van der Waals surface area contributed by atoms with E-state index in [9.17, 15) is 28.8 Å². The Morgan fingerprint density at radius 3 is 2.28 bits per heavy atom. The minimum Gasteiger partial charge on any atom is -0.346 e. The molecule has 274 valence electrons. The van der Waals surface area contributed by atoms with Gasteiger partial charge in [0.25, 0.3) is 11.8 Å². The second-order valence-electron chi connectivity index (χ2n) is 15.1. The molecule has 1 saturated heterocycles. The Bertz CT molecular complexity index is 1380. The second-order valence-corrected chi connectivity index (χ2v) is 16.1. The number of carbonyl (C=O) groups is 6. The molecule has 5 rings (SSSR count). The highest BCUT2D eigenvalue weighted by atomic mass is 32.1. The Labute approximate surface area is 300 Å². The van der Waals surface area contributed by atoms with Crippen molar-refractivity contribution in [2.24, 2.45) is 17.3 Å². The van der Waals surface area contributed by atoms with Gasteiger partial charge < -0.3 is 26.2 Å². The maximum absolute atomic E-state index is 14.7. The van der Waals surface area contributed by atoms with Crippen molar-refractivity contribution in [1.29, 1.82) is 0 Å². The number of nitrogens with one attached hydrogen (secondary N) is 4. The molecule has 2 heterocycles. The number of thiophene rings is 1. The van der Waals surface area contributed by atoms with Gasteiger partial charge >= 0.3 is 0 Å². The Balaban J connectivity index is 1.35. The van der Waals surface area contributed by atoms with Gasteiger partial charge in [0.1, 0.15) is 18.1 Å². The molecule has 1 aromatic heterocycles. The number of Topliss-reactive ketones (excluding diaryl/α,β-unsaturated/α-hetero) is 1. The smallest absolute Gasteiger partial charge is 0.289 e. The number of amides is 5. The van der Waals surface area contributed by atoms with Crippen molar-refractivity contribution in [2.75, 3.05) is 13.1 Å². The van der Waals surface area contributed by atoms with Gasteiger partial charge in [-0.3, -0.25) is 28.8 Å². The molecule has 1 aromatic rings. The van der Waals surface area contributed by atoms with E-state index in [0.29, 0.717) is 30.7 Å². The Morgan fingerprint density at radius 1 is 0.920 bits per heavy atom. The van der Waals surface area contributed by atoms with E-state index in [-0.39, 0.29) is 36.1 Å². The number of rotatable bonds is 15. The molecule has 3 saturated carbocycles. The van der Waals surface area contributed by atoms with Crippen LogP contribution in [0.25, 0.3) is 0 Å². The summed E-state index contributed by atoms with van der Waals surface area (Å²) in [6.07, 6.45) is 14.9. The molecular formula is C38H55N5O6S. The Hall–Kier alpha value is -3.54. The third kappa shape index (κ3) is 9.22. The minimum atomic E-state index is -0.982. The van der Waals surface area contributed by atoms with Crippen molar-refractivity contribution in [3.05, 3.63) is 35.0 Å². The Kier molecular flexibility index (Phi) is 13.3. The number of nitrogens with zero attached hydrogens (tertiary/aromatic N) is 1. The molecule has 1 unspecified atom stereocenters. The normalized spacial score (nSPS) is 22.7. The van der Waals surface area contributed by atoms with Crippen molar-refractivity contribution >= 4 is 46.7 Å². The van der Waals surface area contributed by atoms with Gasteiger partial charge in [0.2, 0.25) is 23.5 Å². The molecule has 0 bridgehead atoms. The predicted molar refractivity (Wildman–Crippen MR) is 192 cm³/mol. The standard InChI is InChI=1S/C38H55N5O6S/c1-3-21-39-36(48)31(44)27(24-25-13-10-14-25)40-33(45)28-17-11-22-43(28)37(49)32(38(2)19-8-5-9-20-38)42-35(47)30(26-15-6-4-7-16-26)41-34(46)29-18-12-23-50-29/h3,12,18,23,25-28,30,32H,1,4-11,13-17,19-22,24H2,2H3,(H,39,48)(H,40,45)(H,41,46)(H,42,47)/t27?,28-,30-,32+/m0/s1. The topological polar surface area (TPSA) is 154 Å². The zero-order chi connectivity index (χ0) is 35.7. The van der Waals surface area contributed by atoms with E-state index in [1.54, 1.807) is 17.0 Å². The summed E-state index contributed by atoms with van der Waals surface area (Å²) < 4.78 is 0. The lowest BCUT2D eigenvalue weighted by atomic mass is 9.69. The molecule has 0 radical (unpaired) electrons. The maximum Gasteiger partial charge on any atom is 0.289 e. The molecule has 4 N–H and O–H groups in total. The summed E-state index contributed by atoms with van der Waals surface area (Å²) >= 11 is 1.32. The van der Waals surface area contributed by atoms with E-state index in [4.69, 9.17) is 0 Å². The van der Waals surface area contributed by atoms with Gasteiger partial charge in [-0.05, 0) is 73.6 Å². The second kappa shape index (κ2) is 17.6. The van der Waals surface area contributed by atoms with Gasteiger partial charge in [-0.15, -0.1) is 17.9 Å². The fourth-order valence-electron chi connectivity index (χ4n) is 8.34. The molecule has 4 atom stereocenters. The summed E-state index contributed by atoms with van der Waals surface area (Å²) in [4.78, 5) is 84.1. The first-order valence-electron chi connectivity index (χ1n) is 18.8. The van der Waals surface area contributed by atoms with Crippen molar-refractivity contribution in [3.8, 4) is 0 Å². The lowest BCUT2D eigenvalue weighted by molar-refractivity contribution is -0.146. The maximum atomic E-state index is 14.7. The molecule has 0 spiro atoms. The third-order valence-corrected chi connectivity index (χ3v) is 12.4. The number of ketones is 1. The van der Waals surface area contributed by atoms with Crippen LogP contribution in [0.3, 0.4) is 0 Å². The summed E-state index contributed by atoms with van der Waals surface area (Å²) in [5.41, 5.74) is -0.532. The lowest BCUT2D eigenvalue weighted by Crippen LogP contribution is -2.63. The van der Waals surface area contributed by atoms with E-state index in [0.717, 1.165) is 83.5 Å². The summed E-state index contributed by atoms with van der Waals surface area (Å²) in [6, 6.07) is 0.0714. The Morgan fingerprint density at radius 2 is 1.64 bits per heavy atom. The van der Waals surface area contributed by atoms with E-state index >= 15 is 0 Å². The molecular weight excluding hydrogens is 655 g/mol. The molecule has 5 amide bonds. The molecule has 3 aliphatic carbocycles. The predicted octanol–water partition coefficient (Wildman–Crippen LogP) is 4.42. The number of hydrogen-bond acceptors (Lipinski definition) is 7. The molecule has 1 aliphatic heterocycles. The zero-order valence-corrected chi connectivity index (χ0v) is 30.3. The summed E-state index contributed by atoms with van der Waals surface area (Å²) in [5.74, 6) is -2.66. The molecule has 50 heavy (non-hydrogen) atoms. The van der Waals surface area contributed by atoms with Crippen LogP contribution in [0.2, 0.25) is 0 Å². The first-order valence-corrected chi connectivity index (χ1v) is 19.7. The van der Waals surface area contributed by atoms with Gasteiger partial charge in [0, 0.05) is 13.1 Å². The largest absolute Gasteiger partial charge is 0.346 e. The summed E-state index contributed by atoms with van der Waals surface area (Å²) in [6.45, 7) is 6.13. The molecule has 12 heteroatoms. The van der Waals surface area contributed by atoms with Crippen molar-refractivity contribution < 1.29 is 28.8 Å². The van der Waals surface area contributed by atoms with Gasteiger partial charge in [-0.1, -0.05) is 76.9 Å². The third-order valence-electron chi connectivity index (χ3n) is 11.6. The van der Waals surface area contributed by atoms with E-state index in [1.165, 1.54) is 17.4 Å². The highest BCUT2D eigenvalue weighted by Crippen LogP contribution is 2.40. The fraction of sp³-hybridized carbons (Fsp3) is 0.684. The monoisotopic (exact) mass is 709 g/mol. The number of carbonyl (C=O) groups excluding carboxylic acids is 6.